The van der Waals surface area contributed by atoms with Gasteiger partial charge < -0.3 is 29.2 Å². The molecule has 10 heteroatoms. The Morgan fingerprint density at radius 3 is 2.53 bits per heavy atom. The third-order valence-corrected chi connectivity index (χ3v) is 10.4. The van der Waals surface area contributed by atoms with Crippen molar-refractivity contribution in [3.63, 3.8) is 0 Å². The number of nitrogens with zero attached hydrogens (tertiary/aromatic N) is 6. The summed E-state index contributed by atoms with van der Waals surface area (Å²) in [6.07, 6.45) is 15.5. The number of aromatic nitrogens is 4. The summed E-state index contributed by atoms with van der Waals surface area (Å²) >= 11 is 0. The number of hydrogen-bond donors (Lipinski definition) is 2. The van der Waals surface area contributed by atoms with E-state index < -0.39 is 5.97 Å². The lowest BCUT2D eigenvalue weighted by Crippen LogP contribution is -2.45. The van der Waals surface area contributed by atoms with Gasteiger partial charge >= 0.3 is 5.97 Å². The number of ether oxygens (including phenoxy) is 1. The Hall–Kier alpha value is -3.73. The van der Waals surface area contributed by atoms with E-state index in [2.05, 4.69) is 67.5 Å². The third kappa shape index (κ3) is 8.60. The number of rotatable bonds is 16. The molecule has 1 spiro atoms. The maximum Gasteiger partial charge on any atom is 0.341 e. The van der Waals surface area contributed by atoms with Crippen molar-refractivity contribution in [2.75, 3.05) is 39.3 Å². The van der Waals surface area contributed by atoms with Gasteiger partial charge in [-0.05, 0) is 105 Å². The Labute approximate surface area is 278 Å². The summed E-state index contributed by atoms with van der Waals surface area (Å²) < 4.78 is 7.70. The van der Waals surface area contributed by atoms with Crippen LogP contribution in [0.3, 0.4) is 0 Å². The number of aryl methyl sites for hydroxylation is 1. The number of aliphatic carboxylic acids is 1. The Kier molecular flexibility index (Phi) is 10.9. The number of carbonyl (C=O) groups is 1. The van der Waals surface area contributed by atoms with E-state index in [4.69, 9.17) is 14.8 Å². The SMILES string of the molecule is CCC(CC)N1CCC2(CCN(CCCn3ccnc3CN(Cc3ccc4cc(OCC(=O)O)ccc4c3)Cc3ncc[nH]3)C2)CC1. The van der Waals surface area contributed by atoms with Crippen LogP contribution < -0.4 is 4.74 Å². The second kappa shape index (κ2) is 15.4. The number of piperidine rings is 1. The number of imidazole rings is 2. The van der Waals surface area contributed by atoms with Gasteiger partial charge in [0.2, 0.25) is 0 Å². The zero-order valence-corrected chi connectivity index (χ0v) is 28.1. The molecule has 0 radical (unpaired) electrons. The first-order valence-corrected chi connectivity index (χ1v) is 17.5. The van der Waals surface area contributed by atoms with Gasteiger partial charge in [0.1, 0.15) is 17.4 Å². The van der Waals surface area contributed by atoms with Crippen LogP contribution in [0.2, 0.25) is 0 Å². The van der Waals surface area contributed by atoms with Crippen molar-refractivity contribution < 1.29 is 14.6 Å². The standard InChI is InChI=1S/C37H51N7O3/c1-3-32(4-2)43-19-11-37(12-20-43)10-18-41(28-37)16-5-17-44-21-15-40-35(44)26-42(25-34-38-13-14-39-34)24-29-6-7-31-23-33(47-27-36(45)46)9-8-30(31)22-29/h6-9,13-15,21-23,32H,3-5,10-12,16-20,24-28H2,1-2H3,(H,38,39)(H,45,46). The van der Waals surface area contributed by atoms with Gasteiger partial charge in [-0.1, -0.05) is 32.0 Å². The van der Waals surface area contributed by atoms with Gasteiger partial charge in [0.15, 0.2) is 6.61 Å². The summed E-state index contributed by atoms with van der Waals surface area (Å²) in [5, 5.41) is 11.0. The fourth-order valence-electron chi connectivity index (χ4n) is 7.78. The Balaban J connectivity index is 1.04. The summed E-state index contributed by atoms with van der Waals surface area (Å²) in [6.45, 7) is 13.6. The molecule has 2 N–H and O–H groups in total. The molecule has 2 saturated heterocycles. The lowest BCUT2D eigenvalue weighted by molar-refractivity contribution is -0.139. The molecule has 0 saturated carbocycles. The second-order valence-electron chi connectivity index (χ2n) is 13.6. The van der Waals surface area contributed by atoms with Gasteiger partial charge in [-0.15, -0.1) is 0 Å². The molecular formula is C37H51N7O3. The molecule has 4 heterocycles. The predicted molar refractivity (Wildman–Crippen MR) is 184 cm³/mol. The number of fused-ring (bicyclic) bond motifs is 1. The molecule has 4 aromatic rings. The average molecular weight is 642 g/mol. The summed E-state index contributed by atoms with van der Waals surface area (Å²) in [6, 6.07) is 12.9. The predicted octanol–water partition coefficient (Wildman–Crippen LogP) is 5.79. The number of hydrogen-bond acceptors (Lipinski definition) is 7. The van der Waals surface area contributed by atoms with E-state index >= 15 is 0 Å². The number of carboxylic acid groups (broad SMARTS) is 1. The topological polar surface area (TPSA) is 103 Å². The van der Waals surface area contributed by atoms with Crippen LogP contribution in [0, 0.1) is 5.41 Å². The van der Waals surface area contributed by atoms with Crippen LogP contribution in [-0.4, -0.2) is 90.7 Å². The second-order valence-corrected chi connectivity index (χ2v) is 13.6. The highest BCUT2D eigenvalue weighted by Crippen LogP contribution is 2.41. The first-order valence-electron chi connectivity index (χ1n) is 17.5. The monoisotopic (exact) mass is 641 g/mol. The molecule has 2 aliphatic rings. The van der Waals surface area contributed by atoms with Gasteiger partial charge in [0.25, 0.3) is 0 Å². The van der Waals surface area contributed by atoms with Crippen molar-refractivity contribution in [3.8, 4) is 5.75 Å². The molecule has 47 heavy (non-hydrogen) atoms. The highest BCUT2D eigenvalue weighted by molar-refractivity contribution is 5.84. The lowest BCUT2D eigenvalue weighted by atomic mass is 9.77. The molecule has 10 nitrogen and oxygen atoms in total. The van der Waals surface area contributed by atoms with Crippen molar-refractivity contribution in [1.29, 1.82) is 0 Å². The smallest absolute Gasteiger partial charge is 0.341 e. The minimum absolute atomic E-state index is 0.349. The number of nitrogens with one attached hydrogen (secondary N) is 1. The van der Waals surface area contributed by atoms with E-state index in [-0.39, 0.29) is 6.61 Å². The number of aromatic amines is 1. The molecule has 0 amide bonds. The van der Waals surface area contributed by atoms with E-state index in [1.165, 1.54) is 63.8 Å². The summed E-state index contributed by atoms with van der Waals surface area (Å²) in [5.74, 6) is 1.57. The minimum atomic E-state index is -0.985. The maximum atomic E-state index is 10.9. The van der Waals surface area contributed by atoms with Crippen LogP contribution >= 0.6 is 0 Å². The van der Waals surface area contributed by atoms with Gasteiger partial charge in [-0.25, -0.2) is 14.8 Å². The number of likely N-dealkylation sites (tertiary alicyclic amines) is 2. The third-order valence-electron chi connectivity index (χ3n) is 10.4. The Morgan fingerprint density at radius 1 is 0.979 bits per heavy atom. The van der Waals surface area contributed by atoms with Crippen molar-refractivity contribution >= 4 is 16.7 Å². The van der Waals surface area contributed by atoms with Crippen LogP contribution in [0.25, 0.3) is 10.8 Å². The largest absolute Gasteiger partial charge is 0.482 e. The van der Waals surface area contributed by atoms with Crippen LogP contribution in [0.15, 0.2) is 61.2 Å². The van der Waals surface area contributed by atoms with Crippen molar-refractivity contribution in [2.24, 2.45) is 5.41 Å². The molecule has 2 aromatic carbocycles. The van der Waals surface area contributed by atoms with Crippen LogP contribution in [-0.2, 0) is 31.0 Å². The van der Waals surface area contributed by atoms with Crippen molar-refractivity contribution in [2.45, 2.75) is 84.6 Å². The summed E-state index contributed by atoms with van der Waals surface area (Å²) in [7, 11) is 0. The van der Waals surface area contributed by atoms with Crippen LogP contribution in [0.1, 0.15) is 69.6 Å². The average Bonchev–Trinajstić information content (AvgIpc) is 3.84. The molecule has 2 aromatic heterocycles. The number of carboxylic acids is 1. The fourth-order valence-corrected chi connectivity index (χ4v) is 7.78. The highest BCUT2D eigenvalue weighted by atomic mass is 16.5. The minimum Gasteiger partial charge on any atom is -0.482 e. The molecule has 6 rings (SSSR count). The summed E-state index contributed by atoms with van der Waals surface area (Å²) in [5.41, 5.74) is 1.73. The first kappa shape index (κ1) is 33.2. The Morgan fingerprint density at radius 2 is 1.77 bits per heavy atom. The van der Waals surface area contributed by atoms with Gasteiger partial charge in [-0.2, -0.15) is 0 Å². The molecule has 2 aliphatic heterocycles. The van der Waals surface area contributed by atoms with Crippen LogP contribution in [0.5, 0.6) is 5.75 Å². The van der Waals surface area contributed by atoms with Crippen molar-refractivity contribution in [3.05, 3.63) is 78.4 Å². The fraction of sp³-hybridized carbons (Fsp3) is 0.541. The van der Waals surface area contributed by atoms with E-state index in [1.807, 2.05) is 30.6 Å². The summed E-state index contributed by atoms with van der Waals surface area (Å²) in [4.78, 5) is 31.3. The molecule has 0 bridgehead atoms. The van der Waals surface area contributed by atoms with Gasteiger partial charge in [-0.3, -0.25) is 4.90 Å². The van der Waals surface area contributed by atoms with E-state index in [1.54, 1.807) is 6.20 Å². The van der Waals surface area contributed by atoms with E-state index in [9.17, 15) is 4.79 Å². The molecule has 252 valence electrons. The molecule has 0 atom stereocenters. The van der Waals surface area contributed by atoms with Crippen molar-refractivity contribution in [1.82, 2.24) is 34.2 Å². The molecule has 0 unspecified atom stereocenters. The quantitative estimate of drug-likeness (QED) is 0.159. The molecule has 2 fully saturated rings. The molecule has 0 aliphatic carbocycles. The van der Waals surface area contributed by atoms with E-state index in [0.717, 1.165) is 54.5 Å². The van der Waals surface area contributed by atoms with Gasteiger partial charge in [0.05, 0.1) is 13.1 Å². The highest BCUT2D eigenvalue weighted by Gasteiger charge is 2.40. The van der Waals surface area contributed by atoms with E-state index in [0.29, 0.717) is 24.3 Å². The Bertz CT molecular complexity index is 1570. The van der Waals surface area contributed by atoms with Crippen LogP contribution in [0.4, 0.5) is 0 Å². The molecular weight excluding hydrogens is 590 g/mol. The normalized spacial score (nSPS) is 17.0. The maximum absolute atomic E-state index is 10.9. The zero-order valence-electron chi connectivity index (χ0n) is 28.1. The zero-order chi connectivity index (χ0) is 32.6. The lowest BCUT2D eigenvalue weighted by Gasteiger charge is -2.42. The number of benzene rings is 2. The van der Waals surface area contributed by atoms with Gasteiger partial charge in [0, 0.05) is 50.5 Å². The first-order chi connectivity index (χ1) is 22.9. The number of H-pyrrole nitrogens is 1.